The highest BCUT2D eigenvalue weighted by Crippen LogP contribution is 2.26. The molecule has 0 bridgehead atoms. The van der Waals surface area contributed by atoms with Crippen LogP contribution < -0.4 is 5.32 Å². The van der Waals surface area contributed by atoms with Gasteiger partial charge in [0.1, 0.15) is 0 Å². The molecule has 0 aliphatic rings. The molecule has 2 rings (SSSR count). The predicted molar refractivity (Wildman–Crippen MR) is 61.8 cm³/mol. The largest absolute Gasteiger partial charge is 0.471 e. The minimum absolute atomic E-state index is 0.146. The summed E-state index contributed by atoms with van der Waals surface area (Å²) in [6.45, 7) is -0.146. The van der Waals surface area contributed by atoms with Crippen LogP contribution in [0.2, 0.25) is 5.15 Å². The highest BCUT2D eigenvalue weighted by atomic mass is 35.5. The van der Waals surface area contributed by atoms with Crippen LogP contribution in [0.5, 0.6) is 0 Å². The van der Waals surface area contributed by atoms with E-state index in [2.05, 4.69) is 4.98 Å². The summed E-state index contributed by atoms with van der Waals surface area (Å²) in [5.41, 5.74) is 1.03. The van der Waals surface area contributed by atoms with Gasteiger partial charge in [0.25, 0.3) is 0 Å². The first kappa shape index (κ1) is 13.7. The quantitative estimate of drug-likeness (QED) is 0.885. The van der Waals surface area contributed by atoms with Crippen molar-refractivity contribution in [2.24, 2.45) is 0 Å². The zero-order chi connectivity index (χ0) is 14.0. The van der Waals surface area contributed by atoms with E-state index in [9.17, 15) is 18.0 Å². The average Bonchev–Trinajstić information content (AvgIpc) is 2.73. The number of furan rings is 1. The Morgan fingerprint density at radius 2 is 2.21 bits per heavy atom. The van der Waals surface area contributed by atoms with Crippen LogP contribution in [0, 0.1) is 0 Å². The van der Waals surface area contributed by atoms with Gasteiger partial charge < -0.3 is 9.73 Å². The van der Waals surface area contributed by atoms with E-state index < -0.39 is 12.1 Å². The lowest BCUT2D eigenvalue weighted by Crippen LogP contribution is -2.37. The molecule has 0 spiro atoms. The van der Waals surface area contributed by atoms with Gasteiger partial charge in [0, 0.05) is 23.7 Å². The third kappa shape index (κ3) is 2.98. The number of halogens is 4. The first-order chi connectivity index (χ1) is 8.89. The molecule has 2 heterocycles. The highest BCUT2D eigenvalue weighted by molar-refractivity contribution is 6.33. The lowest BCUT2D eigenvalue weighted by atomic mass is 10.1. The fourth-order valence-corrected chi connectivity index (χ4v) is 1.79. The van der Waals surface area contributed by atoms with Crippen LogP contribution in [0.4, 0.5) is 13.2 Å². The smallest absolute Gasteiger partial charge is 0.461 e. The van der Waals surface area contributed by atoms with Gasteiger partial charge in [-0.15, -0.1) is 0 Å². The van der Waals surface area contributed by atoms with E-state index >= 15 is 0 Å². The number of carbonyl (C=O) groups is 1. The molecule has 4 nitrogen and oxygen atoms in total. The van der Waals surface area contributed by atoms with E-state index in [1.54, 1.807) is 11.4 Å². The summed E-state index contributed by atoms with van der Waals surface area (Å²) in [5, 5.41) is 2.64. The first-order valence-electron chi connectivity index (χ1n) is 5.25. The van der Waals surface area contributed by atoms with Crippen LogP contribution in [0.3, 0.4) is 0 Å². The molecule has 2 aromatic rings. The van der Waals surface area contributed by atoms with Gasteiger partial charge in [-0.1, -0.05) is 11.6 Å². The Balaban J connectivity index is 2.03. The maximum atomic E-state index is 12.0. The van der Waals surface area contributed by atoms with Gasteiger partial charge in [-0.2, -0.15) is 13.2 Å². The summed E-state index contributed by atoms with van der Waals surface area (Å²) < 4.78 is 41.1. The highest BCUT2D eigenvalue weighted by Gasteiger charge is 2.38. The van der Waals surface area contributed by atoms with Crippen molar-refractivity contribution in [2.45, 2.75) is 12.6 Å². The van der Waals surface area contributed by atoms with Crippen molar-refractivity contribution >= 4 is 28.5 Å². The molecular formula is C11H8ClF3N2O2. The summed E-state index contributed by atoms with van der Waals surface area (Å²) >= 11 is 5.79. The van der Waals surface area contributed by atoms with Crippen LogP contribution in [-0.4, -0.2) is 23.6 Å². The first-order valence-corrected chi connectivity index (χ1v) is 5.63. The number of fused-ring (bicyclic) bond motifs is 1. The van der Waals surface area contributed by atoms with Crippen LogP contribution in [0.1, 0.15) is 5.56 Å². The van der Waals surface area contributed by atoms with E-state index in [1.807, 2.05) is 0 Å². The topological polar surface area (TPSA) is 55.1 Å². The number of alkyl halides is 3. The van der Waals surface area contributed by atoms with Gasteiger partial charge >= 0.3 is 12.1 Å². The van der Waals surface area contributed by atoms with Crippen LogP contribution in [0.15, 0.2) is 22.9 Å². The lowest BCUT2D eigenvalue weighted by Gasteiger charge is -2.06. The Labute approximate surface area is 110 Å². The van der Waals surface area contributed by atoms with Crippen molar-refractivity contribution < 1.29 is 22.4 Å². The van der Waals surface area contributed by atoms with Gasteiger partial charge in [0.2, 0.25) is 0 Å². The summed E-state index contributed by atoms with van der Waals surface area (Å²) in [5.74, 6) is -1.96. The monoisotopic (exact) mass is 292 g/mol. The number of nitrogens with zero attached hydrogens (tertiary/aromatic N) is 1. The number of carbonyl (C=O) groups excluding carboxylic acids is 1. The number of pyridine rings is 1. The zero-order valence-corrected chi connectivity index (χ0v) is 10.2. The van der Waals surface area contributed by atoms with Gasteiger partial charge in [0.15, 0.2) is 10.7 Å². The lowest BCUT2D eigenvalue weighted by molar-refractivity contribution is -0.173. The normalized spacial score (nSPS) is 11.8. The minimum atomic E-state index is -4.87. The number of rotatable bonds is 3. The summed E-state index contributed by atoms with van der Waals surface area (Å²) in [6, 6.07) is 1.64. The molecule has 19 heavy (non-hydrogen) atoms. The number of hydrogen-bond acceptors (Lipinski definition) is 3. The van der Waals surface area contributed by atoms with Crippen LogP contribution in [-0.2, 0) is 11.2 Å². The number of nitrogens with one attached hydrogen (secondary N) is 1. The van der Waals surface area contributed by atoms with Crippen molar-refractivity contribution in [3.05, 3.63) is 29.2 Å². The zero-order valence-electron chi connectivity index (χ0n) is 9.42. The van der Waals surface area contributed by atoms with Crippen LogP contribution >= 0.6 is 11.6 Å². The molecule has 2 aromatic heterocycles. The summed E-state index contributed by atoms with van der Waals surface area (Å²) in [4.78, 5) is 14.4. The van der Waals surface area contributed by atoms with Crippen molar-refractivity contribution in [3.8, 4) is 0 Å². The molecule has 0 aromatic carbocycles. The molecule has 1 N–H and O–H groups in total. The molecule has 0 aliphatic heterocycles. The molecule has 0 fully saturated rings. The predicted octanol–water partition coefficient (Wildman–Crippen LogP) is 2.70. The molecule has 0 radical (unpaired) electrons. The summed E-state index contributed by atoms with van der Waals surface area (Å²) in [6.07, 6.45) is -1.81. The second-order valence-corrected chi connectivity index (χ2v) is 4.10. The Hall–Kier alpha value is -1.76. The SMILES string of the molecule is O=C(NCCc1coc2c(Cl)nccc12)C(F)(F)F. The summed E-state index contributed by atoms with van der Waals surface area (Å²) in [7, 11) is 0. The fourth-order valence-electron chi connectivity index (χ4n) is 1.59. The van der Waals surface area contributed by atoms with E-state index in [-0.39, 0.29) is 18.1 Å². The molecule has 0 saturated carbocycles. The van der Waals surface area contributed by atoms with E-state index in [0.29, 0.717) is 16.5 Å². The maximum absolute atomic E-state index is 12.0. The van der Waals surface area contributed by atoms with Crippen LogP contribution in [0.25, 0.3) is 11.0 Å². The van der Waals surface area contributed by atoms with Crippen molar-refractivity contribution in [1.29, 1.82) is 0 Å². The Bertz CT molecular complexity index is 609. The molecule has 0 unspecified atom stereocenters. The van der Waals surface area contributed by atoms with Crippen molar-refractivity contribution in [2.75, 3.05) is 6.54 Å². The number of aromatic nitrogens is 1. The van der Waals surface area contributed by atoms with E-state index in [4.69, 9.17) is 16.0 Å². The third-order valence-corrected chi connectivity index (χ3v) is 2.73. The fraction of sp³-hybridized carbons (Fsp3) is 0.273. The molecule has 1 amide bonds. The number of hydrogen-bond donors (Lipinski definition) is 1. The van der Waals surface area contributed by atoms with Crippen molar-refractivity contribution in [1.82, 2.24) is 10.3 Å². The van der Waals surface area contributed by atoms with Gasteiger partial charge in [0.05, 0.1) is 6.26 Å². The standard InChI is InChI=1S/C11H8ClF3N2O2/c12-9-8-7(2-4-16-9)6(5-19-8)1-3-17-10(18)11(13,14)15/h2,4-5H,1,3H2,(H,17,18). The average molecular weight is 293 g/mol. The molecule has 102 valence electrons. The molecule has 0 atom stereocenters. The molecule has 0 aliphatic carbocycles. The third-order valence-electron chi connectivity index (χ3n) is 2.46. The van der Waals surface area contributed by atoms with Gasteiger partial charge in [-0.3, -0.25) is 4.79 Å². The van der Waals surface area contributed by atoms with Gasteiger partial charge in [-0.25, -0.2) is 4.98 Å². The Morgan fingerprint density at radius 1 is 1.47 bits per heavy atom. The molecular weight excluding hydrogens is 285 g/mol. The second kappa shape index (κ2) is 5.08. The Morgan fingerprint density at radius 3 is 2.89 bits per heavy atom. The minimum Gasteiger partial charge on any atom is -0.461 e. The molecule has 8 heteroatoms. The Kier molecular flexibility index (Phi) is 3.66. The number of amides is 1. The van der Waals surface area contributed by atoms with Gasteiger partial charge in [-0.05, 0) is 12.5 Å². The molecule has 0 saturated heterocycles. The van der Waals surface area contributed by atoms with E-state index in [1.165, 1.54) is 12.5 Å². The van der Waals surface area contributed by atoms with E-state index in [0.717, 1.165) is 0 Å². The maximum Gasteiger partial charge on any atom is 0.471 e. The van der Waals surface area contributed by atoms with Crippen molar-refractivity contribution in [3.63, 3.8) is 0 Å². The second-order valence-electron chi connectivity index (χ2n) is 3.74.